The lowest BCUT2D eigenvalue weighted by Crippen LogP contribution is -2.35. The highest BCUT2D eigenvalue weighted by atomic mass is 35.5. The molecular weight excluding hydrogens is 230 g/mol. The number of amides is 1. The first-order valence-electron chi connectivity index (χ1n) is 5.77. The maximum atomic E-state index is 11.7. The normalized spacial score (nSPS) is 23.5. The lowest BCUT2D eigenvalue weighted by molar-refractivity contribution is -0.120. The molecule has 15 heavy (non-hydrogen) atoms. The standard InChI is InChI=1S/C11H20ClNOS/c1-2-9(12)6-7-13-11(14)10-5-3-4-8-15-10/h9-10H,2-8H2,1H3,(H,13,14). The van der Waals surface area contributed by atoms with Crippen LogP contribution in [0.25, 0.3) is 0 Å². The van der Waals surface area contributed by atoms with E-state index in [1.165, 1.54) is 12.8 Å². The Labute approximate surface area is 102 Å². The monoisotopic (exact) mass is 249 g/mol. The van der Waals surface area contributed by atoms with Gasteiger partial charge in [0.2, 0.25) is 5.91 Å². The van der Waals surface area contributed by atoms with Crippen LogP contribution in [0, 0.1) is 0 Å². The molecule has 4 heteroatoms. The molecule has 0 bridgehead atoms. The zero-order valence-electron chi connectivity index (χ0n) is 9.30. The predicted octanol–water partition coefficient (Wildman–Crippen LogP) is 2.80. The topological polar surface area (TPSA) is 29.1 Å². The highest BCUT2D eigenvalue weighted by Gasteiger charge is 2.21. The number of carbonyl (C=O) groups excluding carboxylic acids is 1. The van der Waals surface area contributed by atoms with E-state index in [0.29, 0.717) is 0 Å². The van der Waals surface area contributed by atoms with Gasteiger partial charge in [-0.2, -0.15) is 0 Å². The molecule has 1 amide bonds. The Hall–Kier alpha value is 0.110. The number of halogens is 1. The Morgan fingerprint density at radius 3 is 3.00 bits per heavy atom. The quantitative estimate of drug-likeness (QED) is 0.760. The van der Waals surface area contributed by atoms with Crippen molar-refractivity contribution in [1.82, 2.24) is 5.32 Å². The minimum atomic E-state index is 0.189. The van der Waals surface area contributed by atoms with Crippen molar-refractivity contribution in [2.24, 2.45) is 0 Å². The van der Waals surface area contributed by atoms with Crippen LogP contribution < -0.4 is 5.32 Å². The Bertz CT molecular complexity index is 195. The summed E-state index contributed by atoms with van der Waals surface area (Å²) in [6.45, 7) is 2.79. The fourth-order valence-corrected chi connectivity index (χ4v) is 2.95. The Balaban J connectivity index is 2.12. The van der Waals surface area contributed by atoms with Crippen LogP contribution in [-0.2, 0) is 4.79 Å². The van der Waals surface area contributed by atoms with E-state index in [4.69, 9.17) is 11.6 Å². The fourth-order valence-electron chi connectivity index (χ4n) is 1.62. The smallest absolute Gasteiger partial charge is 0.233 e. The van der Waals surface area contributed by atoms with E-state index in [1.54, 1.807) is 11.8 Å². The highest BCUT2D eigenvalue weighted by Crippen LogP contribution is 2.24. The third kappa shape index (κ3) is 5.12. The summed E-state index contributed by atoms with van der Waals surface area (Å²) >= 11 is 7.77. The van der Waals surface area contributed by atoms with Crippen LogP contribution in [0.1, 0.15) is 39.0 Å². The van der Waals surface area contributed by atoms with Gasteiger partial charge in [0, 0.05) is 11.9 Å². The van der Waals surface area contributed by atoms with Crippen molar-refractivity contribution < 1.29 is 4.79 Å². The molecule has 0 aromatic rings. The van der Waals surface area contributed by atoms with Crippen LogP contribution in [0.2, 0.25) is 0 Å². The summed E-state index contributed by atoms with van der Waals surface area (Å²) in [6, 6.07) is 0. The summed E-state index contributed by atoms with van der Waals surface area (Å²) in [5, 5.41) is 3.36. The van der Waals surface area contributed by atoms with Gasteiger partial charge >= 0.3 is 0 Å². The molecule has 1 saturated heterocycles. The molecule has 1 heterocycles. The van der Waals surface area contributed by atoms with E-state index in [-0.39, 0.29) is 16.5 Å². The first kappa shape index (κ1) is 13.2. The van der Waals surface area contributed by atoms with Gasteiger partial charge in [-0.1, -0.05) is 13.3 Å². The van der Waals surface area contributed by atoms with E-state index in [9.17, 15) is 4.79 Å². The zero-order chi connectivity index (χ0) is 11.1. The van der Waals surface area contributed by atoms with Crippen LogP contribution in [0.4, 0.5) is 0 Å². The zero-order valence-corrected chi connectivity index (χ0v) is 10.9. The average Bonchev–Trinajstić information content (AvgIpc) is 2.29. The lowest BCUT2D eigenvalue weighted by Gasteiger charge is -2.20. The maximum Gasteiger partial charge on any atom is 0.233 e. The predicted molar refractivity (Wildman–Crippen MR) is 67.7 cm³/mol. The van der Waals surface area contributed by atoms with E-state index < -0.39 is 0 Å². The van der Waals surface area contributed by atoms with Crippen LogP contribution in [0.5, 0.6) is 0 Å². The van der Waals surface area contributed by atoms with Gasteiger partial charge in [-0.25, -0.2) is 0 Å². The van der Waals surface area contributed by atoms with Crippen LogP contribution in [0.15, 0.2) is 0 Å². The molecule has 0 aromatic heterocycles. The number of thioether (sulfide) groups is 1. The molecule has 2 atom stereocenters. The number of nitrogens with one attached hydrogen (secondary N) is 1. The van der Waals surface area contributed by atoms with Crippen molar-refractivity contribution >= 4 is 29.3 Å². The Morgan fingerprint density at radius 2 is 2.40 bits per heavy atom. The molecule has 1 fully saturated rings. The molecule has 0 radical (unpaired) electrons. The van der Waals surface area contributed by atoms with Gasteiger partial charge in [0.25, 0.3) is 0 Å². The minimum absolute atomic E-state index is 0.189. The SMILES string of the molecule is CCC(Cl)CCNC(=O)C1CCCCS1. The molecule has 1 aliphatic heterocycles. The second kappa shape index (κ2) is 7.39. The van der Waals surface area contributed by atoms with Crippen LogP contribution >= 0.6 is 23.4 Å². The molecule has 0 aromatic carbocycles. The second-order valence-corrected chi connectivity index (χ2v) is 5.87. The summed E-state index contributed by atoms with van der Waals surface area (Å²) in [5.74, 6) is 1.34. The van der Waals surface area contributed by atoms with Crippen LogP contribution in [0.3, 0.4) is 0 Å². The Kier molecular flexibility index (Phi) is 6.50. The highest BCUT2D eigenvalue weighted by molar-refractivity contribution is 8.00. The van der Waals surface area contributed by atoms with Crippen LogP contribution in [-0.4, -0.2) is 28.8 Å². The third-order valence-electron chi connectivity index (χ3n) is 2.67. The maximum absolute atomic E-state index is 11.7. The summed E-state index contributed by atoms with van der Waals surface area (Å²) < 4.78 is 0. The van der Waals surface area contributed by atoms with E-state index in [1.807, 2.05) is 0 Å². The van der Waals surface area contributed by atoms with Gasteiger partial charge in [-0.15, -0.1) is 23.4 Å². The van der Waals surface area contributed by atoms with Gasteiger partial charge in [0.05, 0.1) is 5.25 Å². The fraction of sp³-hybridized carbons (Fsp3) is 0.909. The molecule has 0 aliphatic carbocycles. The summed E-state index contributed by atoms with van der Waals surface area (Å²) in [4.78, 5) is 11.7. The average molecular weight is 250 g/mol. The van der Waals surface area contributed by atoms with Gasteiger partial charge in [-0.05, 0) is 31.4 Å². The summed E-state index contributed by atoms with van der Waals surface area (Å²) in [7, 11) is 0. The molecule has 0 saturated carbocycles. The third-order valence-corrected chi connectivity index (χ3v) is 4.58. The molecule has 2 unspecified atom stereocenters. The van der Waals surface area contributed by atoms with Crippen molar-refractivity contribution in [2.45, 2.75) is 49.7 Å². The number of rotatable bonds is 5. The molecule has 0 spiro atoms. The molecule has 2 nitrogen and oxygen atoms in total. The van der Waals surface area contributed by atoms with Crippen molar-refractivity contribution in [3.05, 3.63) is 0 Å². The van der Waals surface area contributed by atoms with Gasteiger partial charge in [-0.3, -0.25) is 4.79 Å². The lowest BCUT2D eigenvalue weighted by atomic mass is 10.2. The molecule has 88 valence electrons. The number of alkyl halides is 1. The molecule has 1 N–H and O–H groups in total. The molecule has 1 rings (SSSR count). The first-order valence-corrected chi connectivity index (χ1v) is 7.26. The summed E-state index contributed by atoms with van der Waals surface area (Å²) in [6.07, 6.45) is 5.33. The van der Waals surface area contributed by atoms with Crippen molar-refractivity contribution in [3.63, 3.8) is 0 Å². The molecular formula is C11H20ClNOS. The Morgan fingerprint density at radius 1 is 1.60 bits per heavy atom. The molecule has 1 aliphatic rings. The van der Waals surface area contributed by atoms with E-state index in [2.05, 4.69) is 12.2 Å². The largest absolute Gasteiger partial charge is 0.355 e. The van der Waals surface area contributed by atoms with E-state index in [0.717, 1.165) is 31.6 Å². The van der Waals surface area contributed by atoms with Gasteiger partial charge < -0.3 is 5.32 Å². The number of hydrogen-bond donors (Lipinski definition) is 1. The van der Waals surface area contributed by atoms with Crippen molar-refractivity contribution in [3.8, 4) is 0 Å². The van der Waals surface area contributed by atoms with E-state index >= 15 is 0 Å². The van der Waals surface area contributed by atoms with Gasteiger partial charge in [0.15, 0.2) is 0 Å². The minimum Gasteiger partial charge on any atom is -0.355 e. The number of carbonyl (C=O) groups is 1. The summed E-state index contributed by atoms with van der Waals surface area (Å²) in [5.41, 5.74) is 0. The van der Waals surface area contributed by atoms with Crippen molar-refractivity contribution in [1.29, 1.82) is 0 Å². The first-order chi connectivity index (χ1) is 7.24. The second-order valence-electron chi connectivity index (χ2n) is 3.94. The van der Waals surface area contributed by atoms with Crippen molar-refractivity contribution in [2.75, 3.05) is 12.3 Å². The number of hydrogen-bond acceptors (Lipinski definition) is 2. The van der Waals surface area contributed by atoms with Gasteiger partial charge in [0.1, 0.15) is 0 Å².